The van der Waals surface area contributed by atoms with Crippen LogP contribution in [0.4, 0.5) is 0 Å². The molecular formula is C27H28BrNO3S. The van der Waals surface area contributed by atoms with Crippen LogP contribution in [0.15, 0.2) is 81.6 Å². The van der Waals surface area contributed by atoms with Gasteiger partial charge >= 0.3 is 5.97 Å². The monoisotopic (exact) mass is 525 g/mol. The van der Waals surface area contributed by atoms with Gasteiger partial charge in [0.2, 0.25) is 0 Å². The SMILES string of the molecule is CCSCCOC(=O)C1=C(C)NC2=C(C(=O)C[C@@H](c3ccccc3)C2)[C@@H]1c1cccc(Br)c1. The van der Waals surface area contributed by atoms with Crippen LogP contribution >= 0.6 is 27.7 Å². The number of hydrogen-bond donors (Lipinski definition) is 1. The van der Waals surface area contributed by atoms with Crippen molar-refractivity contribution in [3.8, 4) is 0 Å². The Morgan fingerprint density at radius 1 is 1.12 bits per heavy atom. The molecule has 0 saturated heterocycles. The van der Waals surface area contributed by atoms with Crippen molar-refractivity contribution >= 4 is 39.4 Å². The average molecular weight is 526 g/mol. The lowest BCUT2D eigenvalue weighted by molar-refractivity contribution is -0.138. The molecule has 172 valence electrons. The van der Waals surface area contributed by atoms with Crippen LogP contribution in [0, 0.1) is 0 Å². The summed E-state index contributed by atoms with van der Waals surface area (Å²) in [7, 11) is 0. The van der Waals surface area contributed by atoms with Gasteiger partial charge in [-0.3, -0.25) is 4.79 Å². The van der Waals surface area contributed by atoms with Crippen LogP contribution in [0.25, 0.3) is 0 Å². The second kappa shape index (κ2) is 10.7. The minimum Gasteiger partial charge on any atom is -0.461 e. The summed E-state index contributed by atoms with van der Waals surface area (Å²) in [5, 5.41) is 3.42. The third kappa shape index (κ3) is 5.28. The number of benzene rings is 2. The molecule has 0 amide bonds. The first-order chi connectivity index (χ1) is 16.0. The van der Waals surface area contributed by atoms with Crippen molar-refractivity contribution in [3.05, 3.63) is 92.7 Å². The average Bonchev–Trinajstić information content (AvgIpc) is 2.81. The first kappa shape index (κ1) is 23.8. The number of carbonyl (C=O) groups excluding carboxylic acids is 2. The first-order valence-corrected chi connectivity index (χ1v) is 13.2. The number of carbonyl (C=O) groups is 2. The largest absolute Gasteiger partial charge is 0.461 e. The summed E-state index contributed by atoms with van der Waals surface area (Å²) < 4.78 is 6.55. The Morgan fingerprint density at radius 2 is 1.88 bits per heavy atom. The molecule has 4 nitrogen and oxygen atoms in total. The van der Waals surface area contributed by atoms with Crippen molar-refractivity contribution in [3.63, 3.8) is 0 Å². The summed E-state index contributed by atoms with van der Waals surface area (Å²) >= 11 is 5.29. The lowest BCUT2D eigenvalue weighted by Crippen LogP contribution is -2.36. The van der Waals surface area contributed by atoms with Gasteiger partial charge in [0.05, 0.1) is 5.57 Å². The fraction of sp³-hybridized carbons (Fsp3) is 0.333. The molecule has 0 bridgehead atoms. The summed E-state index contributed by atoms with van der Waals surface area (Å²) in [6.07, 6.45) is 1.17. The van der Waals surface area contributed by atoms with Crippen molar-refractivity contribution in [1.82, 2.24) is 5.32 Å². The zero-order valence-electron chi connectivity index (χ0n) is 18.9. The molecule has 0 aromatic heterocycles. The third-order valence-corrected chi connectivity index (χ3v) is 7.52. The molecule has 2 aromatic rings. The molecule has 0 unspecified atom stereocenters. The van der Waals surface area contributed by atoms with Crippen LogP contribution in [-0.4, -0.2) is 29.9 Å². The van der Waals surface area contributed by atoms with Crippen LogP contribution < -0.4 is 5.32 Å². The van der Waals surface area contributed by atoms with Crippen molar-refractivity contribution in [1.29, 1.82) is 0 Å². The fourth-order valence-corrected chi connectivity index (χ4v) is 5.61. The summed E-state index contributed by atoms with van der Waals surface area (Å²) in [6, 6.07) is 18.0. The van der Waals surface area contributed by atoms with Crippen molar-refractivity contribution in [2.75, 3.05) is 18.1 Å². The number of halogens is 1. The van der Waals surface area contributed by atoms with Gasteiger partial charge in [0.1, 0.15) is 6.61 Å². The number of hydrogen-bond acceptors (Lipinski definition) is 5. The standard InChI is InChI=1S/C27H28BrNO3S/c1-3-33-13-12-32-27(31)24-17(2)29-22-15-20(18-8-5-4-6-9-18)16-23(30)26(22)25(24)19-10-7-11-21(28)14-19/h4-11,14,20,25,29H,3,12-13,15-16H2,1-2H3/t20-,25+/m0/s1. The number of esters is 1. The van der Waals surface area contributed by atoms with Crippen molar-refractivity contribution in [2.45, 2.75) is 38.5 Å². The number of ether oxygens (including phenoxy) is 1. The Morgan fingerprint density at radius 3 is 2.61 bits per heavy atom. The van der Waals surface area contributed by atoms with E-state index in [2.05, 4.69) is 40.3 Å². The van der Waals surface area contributed by atoms with Crippen LogP contribution in [0.2, 0.25) is 0 Å². The van der Waals surface area contributed by atoms with Gasteiger partial charge in [0.25, 0.3) is 0 Å². The molecule has 0 fully saturated rings. The predicted octanol–water partition coefficient (Wildman–Crippen LogP) is 6.11. The molecule has 33 heavy (non-hydrogen) atoms. The Labute approximate surface area is 208 Å². The molecule has 6 heteroatoms. The first-order valence-electron chi connectivity index (χ1n) is 11.3. The van der Waals surface area contributed by atoms with Crippen LogP contribution in [-0.2, 0) is 14.3 Å². The number of Topliss-reactive ketones (excluding diaryl/α,β-unsaturated/α-hetero) is 1. The van der Waals surface area contributed by atoms with E-state index in [1.165, 1.54) is 5.56 Å². The Hall–Kier alpha value is -2.31. The van der Waals surface area contributed by atoms with Gasteiger partial charge in [-0.15, -0.1) is 0 Å². The molecule has 1 aliphatic carbocycles. The Kier molecular flexibility index (Phi) is 7.76. The summed E-state index contributed by atoms with van der Waals surface area (Å²) in [5.41, 5.74) is 4.98. The van der Waals surface area contributed by atoms with E-state index in [0.717, 1.165) is 39.4 Å². The lowest BCUT2D eigenvalue weighted by atomic mass is 9.72. The van der Waals surface area contributed by atoms with Crippen LogP contribution in [0.3, 0.4) is 0 Å². The Bertz CT molecular complexity index is 1110. The predicted molar refractivity (Wildman–Crippen MR) is 137 cm³/mol. The second-order valence-electron chi connectivity index (χ2n) is 8.32. The van der Waals surface area contributed by atoms with Gasteiger partial charge in [-0.2, -0.15) is 11.8 Å². The number of ketones is 1. The lowest BCUT2D eigenvalue weighted by Gasteiger charge is -2.36. The van der Waals surface area contributed by atoms with Gasteiger partial charge in [-0.1, -0.05) is 65.3 Å². The van der Waals surface area contributed by atoms with Gasteiger partial charge in [-0.25, -0.2) is 4.79 Å². The molecule has 1 heterocycles. The van der Waals surface area contributed by atoms with Crippen molar-refractivity contribution < 1.29 is 14.3 Å². The third-order valence-electron chi connectivity index (χ3n) is 6.17. The van der Waals surface area contributed by atoms with Crippen LogP contribution in [0.1, 0.15) is 49.7 Å². The topological polar surface area (TPSA) is 55.4 Å². The molecule has 4 rings (SSSR count). The normalized spacial score (nSPS) is 20.4. The molecule has 2 aromatic carbocycles. The maximum atomic E-state index is 13.6. The quantitative estimate of drug-likeness (QED) is 0.349. The number of dihydropyridines is 1. The maximum Gasteiger partial charge on any atom is 0.336 e. The highest BCUT2D eigenvalue weighted by molar-refractivity contribution is 9.10. The summed E-state index contributed by atoms with van der Waals surface area (Å²) in [6.45, 7) is 4.34. The molecular weight excluding hydrogens is 498 g/mol. The number of nitrogens with one attached hydrogen (secondary N) is 1. The molecule has 2 aliphatic rings. The number of allylic oxidation sites excluding steroid dienone is 3. The maximum absolute atomic E-state index is 13.6. The zero-order valence-corrected chi connectivity index (χ0v) is 21.3. The molecule has 1 aliphatic heterocycles. The van der Waals surface area contributed by atoms with E-state index in [1.54, 1.807) is 11.8 Å². The van der Waals surface area contributed by atoms with Crippen LogP contribution in [0.5, 0.6) is 0 Å². The van der Waals surface area contributed by atoms with Gasteiger partial charge in [0, 0.05) is 39.5 Å². The zero-order chi connectivity index (χ0) is 23.4. The fourth-order valence-electron chi connectivity index (χ4n) is 4.71. The number of rotatable bonds is 7. The minimum absolute atomic E-state index is 0.0851. The van der Waals surface area contributed by atoms with E-state index in [0.29, 0.717) is 24.2 Å². The van der Waals surface area contributed by atoms with E-state index in [-0.39, 0.29) is 17.7 Å². The second-order valence-corrected chi connectivity index (χ2v) is 10.6. The van der Waals surface area contributed by atoms with E-state index in [1.807, 2.05) is 49.4 Å². The Balaban J connectivity index is 1.72. The van der Waals surface area contributed by atoms with E-state index in [4.69, 9.17) is 4.74 Å². The van der Waals surface area contributed by atoms with Gasteiger partial charge in [0.15, 0.2) is 5.78 Å². The minimum atomic E-state index is -0.436. The van der Waals surface area contributed by atoms with Gasteiger partial charge in [-0.05, 0) is 48.3 Å². The molecule has 0 spiro atoms. The molecule has 2 atom stereocenters. The van der Waals surface area contributed by atoms with E-state index < -0.39 is 5.92 Å². The highest BCUT2D eigenvalue weighted by Crippen LogP contribution is 2.46. The molecule has 1 N–H and O–H groups in total. The summed E-state index contributed by atoms with van der Waals surface area (Å²) in [4.78, 5) is 26.8. The van der Waals surface area contributed by atoms with Gasteiger partial charge < -0.3 is 10.1 Å². The molecule has 0 radical (unpaired) electrons. The van der Waals surface area contributed by atoms with Crippen molar-refractivity contribution in [2.24, 2.45) is 0 Å². The van der Waals surface area contributed by atoms with E-state index >= 15 is 0 Å². The highest BCUT2D eigenvalue weighted by atomic mass is 79.9. The van der Waals surface area contributed by atoms with E-state index in [9.17, 15) is 9.59 Å². The highest BCUT2D eigenvalue weighted by Gasteiger charge is 2.41. The number of thioether (sulfide) groups is 1. The summed E-state index contributed by atoms with van der Waals surface area (Å²) in [5.74, 6) is 1.16. The smallest absolute Gasteiger partial charge is 0.336 e. The molecule has 0 saturated carbocycles.